The minimum Gasteiger partial charge on any atom is -0.478 e. The van der Waals surface area contributed by atoms with E-state index in [1.54, 1.807) is 6.07 Å². The fourth-order valence-electron chi connectivity index (χ4n) is 1.94. The molecule has 7 nitrogen and oxygen atoms in total. The van der Waals surface area contributed by atoms with Gasteiger partial charge in [0.05, 0.1) is 37.2 Å². The summed E-state index contributed by atoms with van der Waals surface area (Å²) < 4.78 is 36.9. The molecule has 8 heteroatoms. The third kappa shape index (κ3) is 5.09. The normalized spacial score (nSPS) is 19.3. The SMILES string of the molecule is O=C(O)c1cccc(CS(=O)(=O)NCC2COCCO2)c1. The first-order chi connectivity index (χ1) is 9.96. The minimum atomic E-state index is -3.55. The highest BCUT2D eigenvalue weighted by atomic mass is 32.2. The molecule has 1 unspecified atom stereocenters. The second-order valence-corrected chi connectivity index (χ2v) is 6.49. The topological polar surface area (TPSA) is 102 Å². The third-order valence-corrected chi connectivity index (χ3v) is 4.27. The summed E-state index contributed by atoms with van der Waals surface area (Å²) >= 11 is 0. The Balaban J connectivity index is 1.93. The van der Waals surface area contributed by atoms with Crippen LogP contribution in [0.25, 0.3) is 0 Å². The number of carboxylic acid groups (broad SMARTS) is 1. The predicted molar refractivity (Wildman–Crippen MR) is 74.6 cm³/mol. The van der Waals surface area contributed by atoms with Gasteiger partial charge in [-0.3, -0.25) is 0 Å². The Morgan fingerprint density at radius 1 is 1.38 bits per heavy atom. The molecule has 0 aromatic heterocycles. The lowest BCUT2D eigenvalue weighted by Gasteiger charge is -2.23. The van der Waals surface area contributed by atoms with E-state index < -0.39 is 16.0 Å². The van der Waals surface area contributed by atoms with Crippen molar-refractivity contribution in [2.24, 2.45) is 0 Å². The Labute approximate surface area is 122 Å². The van der Waals surface area contributed by atoms with Crippen LogP contribution in [-0.4, -0.2) is 52.0 Å². The van der Waals surface area contributed by atoms with Crippen molar-refractivity contribution in [3.05, 3.63) is 35.4 Å². The Kier molecular flexibility index (Phi) is 5.29. The molecule has 1 aromatic carbocycles. The quantitative estimate of drug-likeness (QED) is 0.778. The molecule has 1 atom stereocenters. The molecule has 0 bridgehead atoms. The molecule has 0 spiro atoms. The minimum absolute atomic E-state index is 0.0618. The number of hydrogen-bond acceptors (Lipinski definition) is 5. The smallest absolute Gasteiger partial charge is 0.335 e. The summed E-state index contributed by atoms with van der Waals surface area (Å²) in [7, 11) is -3.55. The van der Waals surface area contributed by atoms with Gasteiger partial charge in [0, 0.05) is 6.54 Å². The maximum Gasteiger partial charge on any atom is 0.335 e. The van der Waals surface area contributed by atoms with Gasteiger partial charge in [-0.1, -0.05) is 12.1 Å². The molecule has 0 aliphatic carbocycles. The van der Waals surface area contributed by atoms with E-state index in [1.165, 1.54) is 18.2 Å². The van der Waals surface area contributed by atoms with Crippen molar-refractivity contribution in [1.29, 1.82) is 0 Å². The lowest BCUT2D eigenvalue weighted by Crippen LogP contribution is -2.40. The van der Waals surface area contributed by atoms with Crippen LogP contribution >= 0.6 is 0 Å². The van der Waals surface area contributed by atoms with Gasteiger partial charge >= 0.3 is 5.97 Å². The zero-order valence-electron chi connectivity index (χ0n) is 11.3. The second kappa shape index (κ2) is 6.99. The van der Waals surface area contributed by atoms with Crippen molar-refractivity contribution in [1.82, 2.24) is 4.72 Å². The highest BCUT2D eigenvalue weighted by Crippen LogP contribution is 2.09. The number of ether oxygens (including phenoxy) is 2. The van der Waals surface area contributed by atoms with E-state index in [-0.39, 0.29) is 24.0 Å². The third-order valence-electron chi connectivity index (χ3n) is 2.95. The number of sulfonamides is 1. The predicted octanol–water partition coefficient (Wildman–Crippen LogP) is 0.220. The molecule has 2 rings (SSSR count). The molecule has 1 fully saturated rings. The number of carbonyl (C=O) groups is 1. The lowest BCUT2D eigenvalue weighted by molar-refractivity contribution is -0.0847. The van der Waals surface area contributed by atoms with Crippen molar-refractivity contribution < 1.29 is 27.8 Å². The number of hydrogen-bond donors (Lipinski definition) is 2. The van der Waals surface area contributed by atoms with Crippen molar-refractivity contribution in [2.75, 3.05) is 26.4 Å². The number of nitrogens with one attached hydrogen (secondary N) is 1. The lowest BCUT2D eigenvalue weighted by atomic mass is 10.1. The molecular weight excluding hydrogens is 298 g/mol. The maximum absolute atomic E-state index is 12.0. The zero-order chi connectivity index (χ0) is 15.3. The van der Waals surface area contributed by atoms with E-state index in [2.05, 4.69) is 4.72 Å². The Morgan fingerprint density at radius 2 is 2.19 bits per heavy atom. The molecule has 1 saturated heterocycles. The number of benzene rings is 1. The number of rotatable bonds is 6. The van der Waals surface area contributed by atoms with Crippen LogP contribution in [0.4, 0.5) is 0 Å². The molecule has 116 valence electrons. The van der Waals surface area contributed by atoms with Crippen molar-refractivity contribution in [3.8, 4) is 0 Å². The molecule has 0 radical (unpaired) electrons. The first-order valence-electron chi connectivity index (χ1n) is 6.45. The summed E-state index contributed by atoms with van der Waals surface area (Å²) in [5.41, 5.74) is 0.481. The van der Waals surface area contributed by atoms with Crippen LogP contribution in [0.2, 0.25) is 0 Å². The van der Waals surface area contributed by atoms with Crippen molar-refractivity contribution in [2.45, 2.75) is 11.9 Å². The van der Waals surface area contributed by atoms with Crippen molar-refractivity contribution in [3.63, 3.8) is 0 Å². The van der Waals surface area contributed by atoms with Crippen molar-refractivity contribution >= 4 is 16.0 Å². The van der Waals surface area contributed by atoms with Crippen LogP contribution in [0, 0.1) is 0 Å². The second-order valence-electron chi connectivity index (χ2n) is 4.68. The molecule has 0 amide bonds. The van der Waals surface area contributed by atoms with Gasteiger partial charge in [-0.05, 0) is 17.7 Å². The van der Waals surface area contributed by atoms with Crippen LogP contribution in [0.5, 0.6) is 0 Å². The Morgan fingerprint density at radius 3 is 2.86 bits per heavy atom. The van der Waals surface area contributed by atoms with E-state index in [9.17, 15) is 13.2 Å². The van der Waals surface area contributed by atoms with Gasteiger partial charge in [-0.15, -0.1) is 0 Å². The first-order valence-corrected chi connectivity index (χ1v) is 8.10. The largest absolute Gasteiger partial charge is 0.478 e. The number of carboxylic acids is 1. The van der Waals surface area contributed by atoms with E-state index in [0.717, 1.165) is 0 Å². The Bertz CT molecular complexity index is 594. The monoisotopic (exact) mass is 315 g/mol. The molecule has 21 heavy (non-hydrogen) atoms. The molecule has 1 heterocycles. The van der Waals surface area contributed by atoms with E-state index >= 15 is 0 Å². The summed E-state index contributed by atoms with van der Waals surface area (Å²) in [5, 5.41) is 8.89. The van der Waals surface area contributed by atoms with Crippen LogP contribution in [0.15, 0.2) is 24.3 Å². The van der Waals surface area contributed by atoms with E-state index in [1.807, 2.05) is 0 Å². The molecule has 0 saturated carbocycles. The van der Waals surface area contributed by atoms with Crippen LogP contribution in [0.1, 0.15) is 15.9 Å². The summed E-state index contributed by atoms with van der Waals surface area (Å²) in [5.74, 6) is -1.36. The summed E-state index contributed by atoms with van der Waals surface area (Å²) in [4.78, 5) is 10.9. The molecule has 1 aliphatic rings. The van der Waals surface area contributed by atoms with Gasteiger partial charge < -0.3 is 14.6 Å². The Hall–Kier alpha value is -1.48. The van der Waals surface area contributed by atoms with Crippen LogP contribution in [-0.2, 0) is 25.2 Å². The van der Waals surface area contributed by atoms with Gasteiger partial charge in [-0.2, -0.15) is 0 Å². The fraction of sp³-hybridized carbons (Fsp3) is 0.462. The van der Waals surface area contributed by atoms with Gasteiger partial charge in [-0.25, -0.2) is 17.9 Å². The van der Waals surface area contributed by atoms with Gasteiger partial charge in [0.25, 0.3) is 0 Å². The highest BCUT2D eigenvalue weighted by molar-refractivity contribution is 7.88. The molecule has 1 aliphatic heterocycles. The van der Waals surface area contributed by atoms with Crippen LogP contribution in [0.3, 0.4) is 0 Å². The molecule has 1 aromatic rings. The van der Waals surface area contributed by atoms with E-state index in [0.29, 0.717) is 25.4 Å². The molecular formula is C13H17NO6S. The molecule has 2 N–H and O–H groups in total. The average molecular weight is 315 g/mol. The first kappa shape index (κ1) is 15.9. The summed E-state index contributed by atoms with van der Waals surface area (Å²) in [6.07, 6.45) is -0.293. The van der Waals surface area contributed by atoms with Gasteiger partial charge in [0.15, 0.2) is 0 Å². The standard InChI is InChI=1S/C13H17NO6S/c15-13(16)11-3-1-2-10(6-11)9-21(17,18)14-7-12-8-19-4-5-20-12/h1-3,6,12,14H,4-5,7-9H2,(H,15,16). The maximum atomic E-state index is 12.0. The van der Waals surface area contributed by atoms with Gasteiger partial charge in [0.2, 0.25) is 10.0 Å². The van der Waals surface area contributed by atoms with Gasteiger partial charge in [0.1, 0.15) is 0 Å². The van der Waals surface area contributed by atoms with Crippen LogP contribution < -0.4 is 4.72 Å². The average Bonchev–Trinajstić information content (AvgIpc) is 2.46. The highest BCUT2D eigenvalue weighted by Gasteiger charge is 2.18. The summed E-state index contributed by atoms with van der Waals surface area (Å²) in [6, 6.07) is 5.86. The zero-order valence-corrected chi connectivity index (χ0v) is 12.1. The number of aromatic carboxylic acids is 1. The summed E-state index contributed by atoms with van der Waals surface area (Å²) in [6.45, 7) is 1.47. The van der Waals surface area contributed by atoms with E-state index in [4.69, 9.17) is 14.6 Å². The fourth-order valence-corrected chi connectivity index (χ4v) is 3.10.